The van der Waals surface area contributed by atoms with Gasteiger partial charge in [0.1, 0.15) is 11.4 Å². The third kappa shape index (κ3) is 6.55. The molecule has 3 aromatic rings. The van der Waals surface area contributed by atoms with E-state index in [0.717, 1.165) is 67.5 Å². The number of rotatable bonds is 9. The number of carboxylic acid groups (broad SMARTS) is 1. The molecule has 7 heteroatoms. The zero-order chi connectivity index (χ0) is 23.8. The molecule has 3 heterocycles. The van der Waals surface area contributed by atoms with Crippen LogP contribution < -0.4 is 4.74 Å². The molecule has 2 aromatic heterocycles. The molecule has 0 amide bonds. The van der Waals surface area contributed by atoms with Gasteiger partial charge >= 0.3 is 5.97 Å². The molecule has 1 aliphatic rings. The molecule has 1 N–H and O–H groups in total. The minimum absolute atomic E-state index is 0.230. The van der Waals surface area contributed by atoms with E-state index >= 15 is 0 Å². The van der Waals surface area contributed by atoms with E-state index in [-0.39, 0.29) is 6.42 Å². The average Bonchev–Trinajstić information content (AvgIpc) is 3.37. The number of ether oxygens (including phenoxy) is 1. The fraction of sp³-hybridized carbons (Fsp3) is 0.444. The van der Waals surface area contributed by atoms with Crippen LogP contribution in [0, 0.1) is 23.7 Å². The van der Waals surface area contributed by atoms with E-state index in [0.29, 0.717) is 18.4 Å². The normalized spacial score (nSPS) is 18.4. The van der Waals surface area contributed by atoms with Crippen molar-refractivity contribution in [3.63, 3.8) is 0 Å². The van der Waals surface area contributed by atoms with Gasteiger partial charge in [-0.2, -0.15) is 0 Å². The van der Waals surface area contributed by atoms with Gasteiger partial charge in [-0.1, -0.05) is 5.92 Å². The summed E-state index contributed by atoms with van der Waals surface area (Å²) in [6.45, 7) is 2.63. The number of aryl methyl sites for hydroxylation is 1. The molecule has 34 heavy (non-hydrogen) atoms. The van der Waals surface area contributed by atoms with Crippen molar-refractivity contribution in [3.8, 4) is 17.6 Å². The lowest BCUT2D eigenvalue weighted by atomic mass is 9.79. The molecule has 4 rings (SSSR count). The van der Waals surface area contributed by atoms with Crippen LogP contribution >= 0.6 is 11.3 Å². The minimum Gasteiger partial charge on any atom is -0.497 e. The molecular formula is C27H31N3O3S. The third-order valence-corrected chi connectivity index (χ3v) is 7.30. The Morgan fingerprint density at radius 2 is 2.18 bits per heavy atom. The van der Waals surface area contributed by atoms with Gasteiger partial charge in [0.25, 0.3) is 0 Å². The zero-order valence-electron chi connectivity index (χ0n) is 19.6. The van der Waals surface area contributed by atoms with Gasteiger partial charge in [-0.05, 0) is 86.2 Å². The van der Waals surface area contributed by atoms with Crippen molar-refractivity contribution in [1.82, 2.24) is 14.9 Å². The summed E-state index contributed by atoms with van der Waals surface area (Å²) in [7, 11) is 1.69. The van der Waals surface area contributed by atoms with Crippen LogP contribution in [-0.2, 0) is 11.2 Å². The zero-order valence-corrected chi connectivity index (χ0v) is 20.4. The summed E-state index contributed by atoms with van der Waals surface area (Å²) in [5.74, 6) is 7.43. The smallest absolute Gasteiger partial charge is 0.303 e. The fourth-order valence-electron chi connectivity index (χ4n) is 4.91. The summed E-state index contributed by atoms with van der Waals surface area (Å²) in [5.41, 5.74) is 4.90. The molecule has 1 aliphatic heterocycles. The van der Waals surface area contributed by atoms with Gasteiger partial charge in [0, 0.05) is 29.9 Å². The van der Waals surface area contributed by atoms with Crippen LogP contribution in [0.3, 0.4) is 0 Å². The van der Waals surface area contributed by atoms with Crippen LogP contribution in [0.4, 0.5) is 0 Å². The van der Waals surface area contributed by atoms with E-state index in [2.05, 4.69) is 38.8 Å². The summed E-state index contributed by atoms with van der Waals surface area (Å²) in [6, 6.07) is 8.12. The second-order valence-electron chi connectivity index (χ2n) is 8.90. The van der Waals surface area contributed by atoms with Gasteiger partial charge in [-0.15, -0.1) is 11.3 Å². The molecule has 178 valence electrons. The number of pyridine rings is 1. The molecule has 1 aromatic carbocycles. The maximum absolute atomic E-state index is 11.3. The number of fused-ring (bicyclic) bond motifs is 1. The second kappa shape index (κ2) is 12.0. The molecule has 0 spiro atoms. The number of carboxylic acids is 1. The first kappa shape index (κ1) is 24.2. The van der Waals surface area contributed by atoms with Crippen molar-refractivity contribution in [2.75, 3.05) is 26.7 Å². The predicted molar refractivity (Wildman–Crippen MR) is 135 cm³/mol. The lowest BCUT2D eigenvalue weighted by Crippen LogP contribution is -2.41. The van der Waals surface area contributed by atoms with E-state index in [1.165, 1.54) is 5.56 Å². The van der Waals surface area contributed by atoms with Gasteiger partial charge in [0.2, 0.25) is 0 Å². The highest BCUT2D eigenvalue weighted by molar-refractivity contribution is 7.07. The highest BCUT2D eigenvalue weighted by Crippen LogP contribution is 2.32. The summed E-state index contributed by atoms with van der Waals surface area (Å²) in [5, 5.41) is 12.4. The lowest BCUT2D eigenvalue weighted by Gasteiger charge is -2.38. The molecule has 1 fully saturated rings. The Labute approximate surface area is 205 Å². The maximum atomic E-state index is 11.3. The van der Waals surface area contributed by atoms with E-state index in [4.69, 9.17) is 4.74 Å². The van der Waals surface area contributed by atoms with E-state index in [9.17, 15) is 9.90 Å². The van der Waals surface area contributed by atoms with Crippen molar-refractivity contribution in [2.24, 2.45) is 11.8 Å². The Hall–Kier alpha value is -2.95. The molecular weight excluding hydrogens is 446 g/mol. The molecule has 0 saturated carbocycles. The number of carbonyl (C=O) groups is 1. The number of piperidine rings is 1. The SMILES string of the molecule is COc1ccc2nccc(CCC[C@@H]3CCN(CC#Cc4cscn4)C[C@@H]3CCC(=O)O)c2c1. The van der Waals surface area contributed by atoms with E-state index in [1.54, 1.807) is 24.0 Å². The van der Waals surface area contributed by atoms with Gasteiger partial charge in [0.05, 0.1) is 24.7 Å². The standard InChI is InChI=1S/C27H31N3O3S/c1-33-24-8-9-26-25(16-24)21(11-13-28-26)5-2-4-20-12-15-30(17-22(20)7-10-27(31)32)14-3-6-23-18-34-19-29-23/h8-9,11,13,16,18-20,22H,2,4-5,7,10,12,14-15,17H2,1H3,(H,31,32)/t20-,22+/m1/s1. The Morgan fingerprint density at radius 1 is 1.26 bits per heavy atom. The molecule has 0 bridgehead atoms. The van der Waals surface area contributed by atoms with E-state index < -0.39 is 5.97 Å². The number of likely N-dealkylation sites (tertiary alicyclic amines) is 1. The quantitative estimate of drug-likeness (QED) is 0.443. The van der Waals surface area contributed by atoms with Gasteiger partial charge in [0.15, 0.2) is 0 Å². The molecule has 6 nitrogen and oxygen atoms in total. The van der Waals surface area contributed by atoms with Gasteiger partial charge < -0.3 is 9.84 Å². The van der Waals surface area contributed by atoms with Crippen LogP contribution in [0.25, 0.3) is 10.9 Å². The highest BCUT2D eigenvalue weighted by Gasteiger charge is 2.28. The Kier molecular flexibility index (Phi) is 8.51. The lowest BCUT2D eigenvalue weighted by molar-refractivity contribution is -0.137. The predicted octanol–water partition coefficient (Wildman–Crippen LogP) is 4.88. The summed E-state index contributed by atoms with van der Waals surface area (Å²) < 4.78 is 5.40. The van der Waals surface area contributed by atoms with Crippen LogP contribution in [0.15, 0.2) is 41.4 Å². The summed E-state index contributed by atoms with van der Waals surface area (Å²) in [4.78, 5) is 22.3. The van der Waals surface area contributed by atoms with Crippen LogP contribution in [0.5, 0.6) is 5.75 Å². The number of nitrogens with zero attached hydrogens (tertiary/aromatic N) is 3. The monoisotopic (exact) mass is 477 g/mol. The maximum Gasteiger partial charge on any atom is 0.303 e. The minimum atomic E-state index is -0.712. The molecule has 0 unspecified atom stereocenters. The fourth-order valence-corrected chi connectivity index (χ4v) is 5.40. The van der Waals surface area contributed by atoms with Crippen LogP contribution in [0.2, 0.25) is 0 Å². The van der Waals surface area contributed by atoms with Crippen LogP contribution in [-0.4, -0.2) is 52.7 Å². The number of hydrogen-bond acceptors (Lipinski definition) is 6. The molecule has 0 aliphatic carbocycles. The number of thiazole rings is 1. The largest absolute Gasteiger partial charge is 0.497 e. The Bertz CT molecular complexity index is 1150. The third-order valence-electron chi connectivity index (χ3n) is 6.72. The second-order valence-corrected chi connectivity index (χ2v) is 9.62. The number of methoxy groups -OCH3 is 1. The Balaban J connectivity index is 1.35. The Morgan fingerprint density at radius 3 is 2.97 bits per heavy atom. The van der Waals surface area contributed by atoms with Gasteiger partial charge in [-0.3, -0.25) is 14.7 Å². The number of aromatic nitrogens is 2. The molecule has 1 saturated heterocycles. The topological polar surface area (TPSA) is 75.5 Å². The summed E-state index contributed by atoms with van der Waals surface area (Å²) >= 11 is 1.55. The van der Waals surface area contributed by atoms with Gasteiger partial charge in [-0.25, -0.2) is 4.98 Å². The first-order valence-electron chi connectivity index (χ1n) is 11.8. The van der Waals surface area contributed by atoms with Crippen molar-refractivity contribution >= 4 is 28.2 Å². The molecule has 2 atom stereocenters. The van der Waals surface area contributed by atoms with Crippen molar-refractivity contribution in [1.29, 1.82) is 0 Å². The first-order chi connectivity index (χ1) is 16.6. The number of aliphatic carboxylic acids is 1. The average molecular weight is 478 g/mol. The van der Waals surface area contributed by atoms with E-state index in [1.807, 2.05) is 23.7 Å². The summed E-state index contributed by atoms with van der Waals surface area (Å²) in [6.07, 6.45) is 7.10. The highest BCUT2D eigenvalue weighted by atomic mass is 32.1. The van der Waals surface area contributed by atoms with Crippen molar-refractivity contribution in [2.45, 2.75) is 38.5 Å². The van der Waals surface area contributed by atoms with Crippen molar-refractivity contribution < 1.29 is 14.6 Å². The van der Waals surface area contributed by atoms with Crippen molar-refractivity contribution in [3.05, 3.63) is 52.6 Å². The van der Waals surface area contributed by atoms with Crippen LogP contribution in [0.1, 0.15) is 43.4 Å². The number of benzene rings is 1. The first-order valence-corrected chi connectivity index (χ1v) is 12.8. The number of hydrogen-bond donors (Lipinski definition) is 1. The molecule has 0 radical (unpaired) electrons.